The molecule has 1 amide bonds. The summed E-state index contributed by atoms with van der Waals surface area (Å²) in [5, 5.41) is 19.9. The number of carbonyl (C=O) groups excluding carboxylic acids is 1. The smallest absolute Gasteiger partial charge is 0.291 e. The first-order valence-corrected chi connectivity index (χ1v) is 9.30. The summed E-state index contributed by atoms with van der Waals surface area (Å²) in [5.41, 5.74) is 2.22. The van der Waals surface area contributed by atoms with Crippen molar-refractivity contribution in [2.75, 3.05) is 19.1 Å². The third kappa shape index (κ3) is 4.36. The highest BCUT2D eigenvalue weighted by Crippen LogP contribution is 2.30. The molecule has 2 aromatic rings. The Morgan fingerprint density at radius 2 is 2.04 bits per heavy atom. The van der Waals surface area contributed by atoms with E-state index in [1.54, 1.807) is 26.3 Å². The molecule has 1 heterocycles. The number of nitriles is 1. The molecule has 0 aliphatic heterocycles. The lowest BCUT2D eigenvalue weighted by Crippen LogP contribution is -2.43. The summed E-state index contributed by atoms with van der Waals surface area (Å²) in [6, 6.07) is 8.23. The summed E-state index contributed by atoms with van der Waals surface area (Å²) in [5.74, 6) is 0.412. The van der Waals surface area contributed by atoms with Gasteiger partial charge in [0.1, 0.15) is 11.8 Å². The van der Waals surface area contributed by atoms with Crippen molar-refractivity contribution in [2.45, 2.75) is 44.7 Å². The lowest BCUT2D eigenvalue weighted by Gasteiger charge is -2.36. The summed E-state index contributed by atoms with van der Waals surface area (Å²) < 4.78 is 5.31. The number of methoxy groups -OCH3 is 1. The fraction of sp³-hybridized carbons (Fsp3) is 0.450. The zero-order valence-electron chi connectivity index (χ0n) is 16.3. The van der Waals surface area contributed by atoms with Crippen LogP contribution in [0.15, 0.2) is 24.4 Å². The molecule has 1 N–H and O–H groups in total. The van der Waals surface area contributed by atoms with Crippen LogP contribution in [0.5, 0.6) is 5.75 Å². The number of hydrogen-bond acceptors (Lipinski definition) is 7. The maximum atomic E-state index is 12.3. The number of nitrogens with zero attached hydrogens (tertiary/aromatic N) is 5. The Balaban J connectivity index is 1.57. The summed E-state index contributed by atoms with van der Waals surface area (Å²) >= 11 is 0. The van der Waals surface area contributed by atoms with Crippen LogP contribution in [0.1, 0.15) is 47.6 Å². The molecule has 1 aromatic carbocycles. The van der Waals surface area contributed by atoms with Gasteiger partial charge in [0.2, 0.25) is 5.82 Å². The molecule has 28 heavy (non-hydrogen) atoms. The number of benzene rings is 1. The molecule has 0 radical (unpaired) electrons. The van der Waals surface area contributed by atoms with Crippen LogP contribution in [0, 0.1) is 18.3 Å². The molecule has 3 rings (SSSR count). The first-order valence-electron chi connectivity index (χ1n) is 9.30. The second-order valence-electron chi connectivity index (χ2n) is 7.01. The van der Waals surface area contributed by atoms with Crippen molar-refractivity contribution >= 4 is 11.6 Å². The molecule has 0 bridgehead atoms. The van der Waals surface area contributed by atoms with E-state index in [1.165, 1.54) is 0 Å². The van der Waals surface area contributed by atoms with Gasteiger partial charge in [0.05, 0.1) is 24.6 Å². The van der Waals surface area contributed by atoms with E-state index in [4.69, 9.17) is 10.00 Å². The highest BCUT2D eigenvalue weighted by molar-refractivity contribution is 5.90. The van der Waals surface area contributed by atoms with Gasteiger partial charge in [-0.2, -0.15) is 10.4 Å². The molecule has 1 fully saturated rings. The van der Waals surface area contributed by atoms with E-state index in [1.807, 2.05) is 12.1 Å². The zero-order valence-corrected chi connectivity index (χ0v) is 16.3. The number of ether oxygens (including phenoxy) is 1. The molecule has 0 unspecified atom stereocenters. The van der Waals surface area contributed by atoms with Gasteiger partial charge in [-0.25, -0.2) is 4.98 Å². The predicted molar refractivity (Wildman–Crippen MR) is 104 cm³/mol. The van der Waals surface area contributed by atoms with Crippen LogP contribution in [-0.2, 0) is 0 Å². The van der Waals surface area contributed by atoms with Crippen LogP contribution in [0.2, 0.25) is 0 Å². The number of amides is 1. The summed E-state index contributed by atoms with van der Waals surface area (Å²) in [4.78, 5) is 18.5. The Kier molecular flexibility index (Phi) is 6.04. The lowest BCUT2D eigenvalue weighted by atomic mass is 9.90. The highest BCUT2D eigenvalue weighted by Gasteiger charge is 2.26. The first kappa shape index (κ1) is 19.5. The van der Waals surface area contributed by atoms with Gasteiger partial charge < -0.3 is 15.0 Å². The Morgan fingerprint density at radius 1 is 1.29 bits per heavy atom. The Bertz CT molecular complexity index is 869. The zero-order chi connectivity index (χ0) is 20.1. The van der Waals surface area contributed by atoms with Gasteiger partial charge in [-0.05, 0) is 44.7 Å². The van der Waals surface area contributed by atoms with E-state index >= 15 is 0 Å². The minimum absolute atomic E-state index is 0.106. The minimum Gasteiger partial charge on any atom is -0.495 e. The van der Waals surface area contributed by atoms with Crippen molar-refractivity contribution in [1.29, 1.82) is 5.26 Å². The maximum Gasteiger partial charge on any atom is 0.291 e. The Labute approximate surface area is 164 Å². The number of hydrogen-bond donors (Lipinski definition) is 1. The fourth-order valence-electron chi connectivity index (χ4n) is 3.50. The van der Waals surface area contributed by atoms with Crippen molar-refractivity contribution in [2.24, 2.45) is 0 Å². The Hall–Kier alpha value is -3.21. The summed E-state index contributed by atoms with van der Waals surface area (Å²) in [6.45, 7) is 1.78. The topological polar surface area (TPSA) is 104 Å². The van der Waals surface area contributed by atoms with Crippen LogP contribution in [0.3, 0.4) is 0 Å². The normalized spacial score (nSPS) is 18.8. The van der Waals surface area contributed by atoms with Crippen molar-refractivity contribution < 1.29 is 9.53 Å². The second kappa shape index (κ2) is 8.65. The third-order valence-corrected chi connectivity index (χ3v) is 5.17. The number of nitrogens with one attached hydrogen (secondary N) is 1. The van der Waals surface area contributed by atoms with Crippen molar-refractivity contribution in [1.82, 2.24) is 20.5 Å². The highest BCUT2D eigenvalue weighted by atomic mass is 16.5. The summed E-state index contributed by atoms with van der Waals surface area (Å²) in [6.07, 6.45) is 5.22. The predicted octanol–water partition coefficient (Wildman–Crippen LogP) is 2.24. The standard InChI is InChI=1S/C20H24N6O2/c1-13-12-22-19(25-24-13)20(27)23-15-5-8-16(9-6-15)26(2)17-7-4-14(11-21)18(10-17)28-3/h4,7,10,12,15-16H,5-6,8-9H2,1-3H3,(H,23,27). The molecular weight excluding hydrogens is 356 g/mol. The van der Waals surface area contributed by atoms with Gasteiger partial charge in [-0.3, -0.25) is 4.79 Å². The van der Waals surface area contributed by atoms with E-state index in [0.29, 0.717) is 23.0 Å². The van der Waals surface area contributed by atoms with E-state index in [2.05, 4.69) is 38.5 Å². The van der Waals surface area contributed by atoms with E-state index in [0.717, 1.165) is 31.4 Å². The van der Waals surface area contributed by atoms with Crippen molar-refractivity contribution in [3.8, 4) is 11.8 Å². The van der Waals surface area contributed by atoms with Gasteiger partial charge in [-0.1, -0.05) is 0 Å². The van der Waals surface area contributed by atoms with E-state index in [-0.39, 0.29) is 17.8 Å². The number of carbonyl (C=O) groups is 1. The monoisotopic (exact) mass is 380 g/mol. The van der Waals surface area contributed by atoms with Gasteiger partial charge in [0, 0.05) is 30.9 Å². The van der Waals surface area contributed by atoms with Crippen molar-refractivity contribution in [3.63, 3.8) is 0 Å². The molecule has 0 saturated heterocycles. The first-order chi connectivity index (χ1) is 13.5. The van der Waals surface area contributed by atoms with Gasteiger partial charge in [0.15, 0.2) is 0 Å². The average Bonchev–Trinajstić information content (AvgIpc) is 2.73. The summed E-state index contributed by atoms with van der Waals surface area (Å²) in [7, 11) is 3.62. The molecule has 8 nitrogen and oxygen atoms in total. The third-order valence-electron chi connectivity index (χ3n) is 5.17. The molecule has 8 heteroatoms. The molecule has 1 saturated carbocycles. The molecule has 1 aromatic heterocycles. The van der Waals surface area contributed by atoms with Gasteiger partial charge >= 0.3 is 0 Å². The number of rotatable bonds is 5. The molecule has 1 aliphatic carbocycles. The fourth-order valence-corrected chi connectivity index (χ4v) is 3.50. The number of aromatic nitrogens is 3. The van der Waals surface area contributed by atoms with Crippen LogP contribution < -0.4 is 15.0 Å². The van der Waals surface area contributed by atoms with Crippen LogP contribution >= 0.6 is 0 Å². The van der Waals surface area contributed by atoms with Crippen molar-refractivity contribution in [3.05, 3.63) is 41.5 Å². The quantitative estimate of drug-likeness (QED) is 0.848. The molecule has 1 aliphatic rings. The molecular formula is C20H24N6O2. The average molecular weight is 380 g/mol. The Morgan fingerprint density at radius 3 is 2.64 bits per heavy atom. The van der Waals surface area contributed by atoms with Gasteiger partial charge in [-0.15, -0.1) is 5.10 Å². The van der Waals surface area contributed by atoms with E-state index < -0.39 is 0 Å². The minimum atomic E-state index is -0.277. The largest absolute Gasteiger partial charge is 0.495 e. The van der Waals surface area contributed by atoms with Crippen LogP contribution in [-0.4, -0.2) is 47.3 Å². The number of aryl methyl sites for hydroxylation is 1. The molecule has 0 atom stereocenters. The lowest BCUT2D eigenvalue weighted by molar-refractivity contribution is 0.0913. The van der Waals surface area contributed by atoms with Crippen LogP contribution in [0.4, 0.5) is 5.69 Å². The van der Waals surface area contributed by atoms with Gasteiger partial charge in [0.25, 0.3) is 5.91 Å². The van der Waals surface area contributed by atoms with Crippen LogP contribution in [0.25, 0.3) is 0 Å². The maximum absolute atomic E-state index is 12.3. The second-order valence-corrected chi connectivity index (χ2v) is 7.01. The number of anilines is 1. The van der Waals surface area contributed by atoms with E-state index in [9.17, 15) is 4.79 Å². The molecule has 146 valence electrons. The SMILES string of the molecule is COc1cc(N(C)C2CCC(NC(=O)c3ncc(C)nn3)CC2)ccc1C#N. The molecule has 0 spiro atoms.